The number of hydrogen-bond donors (Lipinski definition) is 0. The highest BCUT2D eigenvalue weighted by molar-refractivity contribution is 5.97. The molecular weight excluding hydrogens is 278 g/mol. The highest BCUT2D eigenvalue weighted by Crippen LogP contribution is 2.39. The van der Waals surface area contributed by atoms with E-state index in [0.717, 1.165) is 16.8 Å². The average Bonchev–Trinajstić information content (AvgIpc) is 2.53. The Morgan fingerprint density at radius 2 is 1.64 bits per heavy atom. The number of Topliss-reactive ketones (excluding diaryl/α,β-unsaturated/α-hetero) is 1. The minimum atomic E-state index is -0.00730. The Hall–Kier alpha value is -2.49. The maximum absolute atomic E-state index is 11.7. The highest BCUT2D eigenvalue weighted by Gasteiger charge is 2.16. The molecule has 0 radical (unpaired) electrons. The maximum Gasteiger partial charge on any atom is 0.168 e. The van der Waals surface area contributed by atoms with E-state index in [1.165, 1.54) is 0 Å². The summed E-state index contributed by atoms with van der Waals surface area (Å²) >= 11 is 0. The van der Waals surface area contributed by atoms with Crippen LogP contribution in [0, 0.1) is 0 Å². The van der Waals surface area contributed by atoms with Crippen LogP contribution >= 0.6 is 0 Å². The minimum Gasteiger partial charge on any atom is -0.493 e. The molecule has 0 amide bonds. The van der Waals surface area contributed by atoms with Crippen molar-refractivity contribution in [3.05, 3.63) is 42.0 Å². The summed E-state index contributed by atoms with van der Waals surface area (Å²) in [5.74, 6) is 1.18. The Labute approximate surface area is 131 Å². The quantitative estimate of drug-likeness (QED) is 0.790. The molecule has 0 aliphatic rings. The van der Waals surface area contributed by atoms with E-state index < -0.39 is 0 Å². The third-order valence-corrected chi connectivity index (χ3v) is 3.58. The van der Waals surface area contributed by atoms with Gasteiger partial charge in [-0.05, 0) is 36.8 Å². The topological polar surface area (TPSA) is 38.8 Å². The van der Waals surface area contributed by atoms with E-state index in [2.05, 4.69) is 0 Å². The van der Waals surface area contributed by atoms with Crippen LogP contribution in [0.1, 0.15) is 17.3 Å². The molecule has 2 aromatic carbocycles. The monoisotopic (exact) mass is 299 g/mol. The SMILES string of the molecule is COc1cc(C(C)=O)cc(-c2ccc(N(C)C)cc2)c1OC. The molecule has 0 aliphatic carbocycles. The summed E-state index contributed by atoms with van der Waals surface area (Å²) in [4.78, 5) is 13.8. The van der Waals surface area contributed by atoms with Crippen molar-refractivity contribution in [1.82, 2.24) is 0 Å². The molecule has 0 spiro atoms. The summed E-state index contributed by atoms with van der Waals surface area (Å²) < 4.78 is 10.9. The van der Waals surface area contributed by atoms with Crippen molar-refractivity contribution in [3.8, 4) is 22.6 Å². The van der Waals surface area contributed by atoms with Gasteiger partial charge in [-0.25, -0.2) is 0 Å². The first-order chi connectivity index (χ1) is 10.5. The van der Waals surface area contributed by atoms with Crippen molar-refractivity contribution < 1.29 is 14.3 Å². The summed E-state index contributed by atoms with van der Waals surface area (Å²) in [7, 11) is 7.16. The molecule has 0 aromatic heterocycles. The Balaban J connectivity index is 2.61. The van der Waals surface area contributed by atoms with Crippen molar-refractivity contribution in [2.24, 2.45) is 0 Å². The summed E-state index contributed by atoms with van der Waals surface area (Å²) in [5.41, 5.74) is 3.53. The number of ketones is 1. The summed E-state index contributed by atoms with van der Waals surface area (Å²) in [6, 6.07) is 11.6. The number of carbonyl (C=O) groups excluding carboxylic acids is 1. The van der Waals surface area contributed by atoms with Gasteiger partial charge >= 0.3 is 0 Å². The normalized spacial score (nSPS) is 10.2. The van der Waals surface area contributed by atoms with Gasteiger partial charge in [0.2, 0.25) is 0 Å². The molecule has 0 fully saturated rings. The Morgan fingerprint density at radius 1 is 1.00 bits per heavy atom. The fourth-order valence-corrected chi connectivity index (χ4v) is 2.32. The van der Waals surface area contributed by atoms with E-state index in [-0.39, 0.29) is 5.78 Å². The molecule has 0 bridgehead atoms. The smallest absolute Gasteiger partial charge is 0.168 e. The first-order valence-corrected chi connectivity index (χ1v) is 7.02. The van der Waals surface area contributed by atoms with Gasteiger partial charge in [0.1, 0.15) is 0 Å². The standard InChI is InChI=1S/C18H21NO3/c1-12(20)14-10-16(18(22-5)17(11-14)21-4)13-6-8-15(9-7-13)19(2)3/h6-11H,1-5H3. The number of nitrogens with zero attached hydrogens (tertiary/aromatic N) is 1. The number of anilines is 1. The second-order valence-electron chi connectivity index (χ2n) is 5.26. The van der Waals surface area contributed by atoms with Crippen molar-refractivity contribution in [2.45, 2.75) is 6.92 Å². The lowest BCUT2D eigenvalue weighted by atomic mass is 9.99. The number of carbonyl (C=O) groups is 1. The summed E-state index contributed by atoms with van der Waals surface area (Å²) in [6.07, 6.45) is 0. The molecule has 4 nitrogen and oxygen atoms in total. The van der Waals surface area contributed by atoms with Crippen molar-refractivity contribution >= 4 is 11.5 Å². The third-order valence-electron chi connectivity index (χ3n) is 3.58. The molecule has 2 rings (SSSR count). The fraction of sp³-hybridized carbons (Fsp3) is 0.278. The molecule has 0 heterocycles. The first kappa shape index (κ1) is 15.9. The van der Waals surface area contributed by atoms with E-state index in [4.69, 9.17) is 9.47 Å². The van der Waals surface area contributed by atoms with Gasteiger partial charge in [-0.15, -0.1) is 0 Å². The van der Waals surface area contributed by atoms with Crippen LogP contribution in [-0.2, 0) is 0 Å². The predicted molar refractivity (Wildman–Crippen MR) is 89.3 cm³/mol. The number of hydrogen-bond acceptors (Lipinski definition) is 4. The molecular formula is C18H21NO3. The van der Waals surface area contributed by atoms with Gasteiger partial charge in [0, 0.05) is 30.9 Å². The maximum atomic E-state index is 11.7. The van der Waals surface area contributed by atoms with Crippen molar-refractivity contribution in [1.29, 1.82) is 0 Å². The van der Waals surface area contributed by atoms with Crippen LogP contribution in [0.5, 0.6) is 11.5 Å². The van der Waals surface area contributed by atoms with E-state index in [1.807, 2.05) is 49.3 Å². The summed E-state index contributed by atoms with van der Waals surface area (Å²) in [6.45, 7) is 1.54. The molecule has 4 heteroatoms. The van der Waals surface area contributed by atoms with E-state index in [0.29, 0.717) is 17.1 Å². The van der Waals surface area contributed by atoms with Crippen molar-refractivity contribution in [2.75, 3.05) is 33.2 Å². The highest BCUT2D eigenvalue weighted by atomic mass is 16.5. The number of ether oxygens (including phenoxy) is 2. The van der Waals surface area contributed by atoms with Gasteiger partial charge < -0.3 is 14.4 Å². The molecule has 0 atom stereocenters. The molecule has 116 valence electrons. The second-order valence-corrected chi connectivity index (χ2v) is 5.26. The summed E-state index contributed by atoms with van der Waals surface area (Å²) in [5, 5.41) is 0. The Morgan fingerprint density at radius 3 is 2.09 bits per heavy atom. The first-order valence-electron chi connectivity index (χ1n) is 7.02. The van der Waals surface area contributed by atoms with Gasteiger partial charge in [0.15, 0.2) is 17.3 Å². The van der Waals surface area contributed by atoms with Crippen LogP contribution in [0.4, 0.5) is 5.69 Å². The van der Waals surface area contributed by atoms with E-state index >= 15 is 0 Å². The zero-order valence-corrected chi connectivity index (χ0v) is 13.6. The molecule has 0 unspecified atom stereocenters. The number of rotatable bonds is 5. The van der Waals surface area contributed by atoms with Crippen LogP contribution in [0.2, 0.25) is 0 Å². The second kappa shape index (κ2) is 6.52. The molecule has 0 N–H and O–H groups in total. The van der Waals surface area contributed by atoms with Crippen LogP contribution in [0.25, 0.3) is 11.1 Å². The lowest BCUT2D eigenvalue weighted by Crippen LogP contribution is -2.08. The zero-order chi connectivity index (χ0) is 16.3. The van der Waals surface area contributed by atoms with Crippen LogP contribution in [-0.4, -0.2) is 34.1 Å². The Kier molecular flexibility index (Phi) is 4.71. The van der Waals surface area contributed by atoms with Gasteiger partial charge in [-0.1, -0.05) is 12.1 Å². The lowest BCUT2D eigenvalue weighted by Gasteiger charge is -2.16. The molecule has 0 saturated heterocycles. The predicted octanol–water partition coefficient (Wildman–Crippen LogP) is 3.64. The van der Waals surface area contributed by atoms with Crippen LogP contribution < -0.4 is 14.4 Å². The van der Waals surface area contributed by atoms with Gasteiger partial charge in [-0.3, -0.25) is 4.79 Å². The number of benzene rings is 2. The lowest BCUT2D eigenvalue weighted by molar-refractivity contribution is 0.101. The molecule has 0 aliphatic heterocycles. The molecule has 22 heavy (non-hydrogen) atoms. The van der Waals surface area contributed by atoms with Gasteiger partial charge in [0.05, 0.1) is 14.2 Å². The third kappa shape index (κ3) is 3.06. The average molecular weight is 299 g/mol. The zero-order valence-electron chi connectivity index (χ0n) is 13.6. The van der Waals surface area contributed by atoms with E-state index in [1.54, 1.807) is 27.2 Å². The van der Waals surface area contributed by atoms with Crippen LogP contribution in [0.3, 0.4) is 0 Å². The Bertz CT molecular complexity index is 675. The number of methoxy groups -OCH3 is 2. The molecule has 2 aromatic rings. The van der Waals surface area contributed by atoms with Crippen molar-refractivity contribution in [3.63, 3.8) is 0 Å². The van der Waals surface area contributed by atoms with Crippen LogP contribution in [0.15, 0.2) is 36.4 Å². The largest absolute Gasteiger partial charge is 0.493 e. The van der Waals surface area contributed by atoms with Gasteiger partial charge in [-0.2, -0.15) is 0 Å². The molecule has 0 saturated carbocycles. The van der Waals surface area contributed by atoms with Gasteiger partial charge in [0.25, 0.3) is 0 Å². The van der Waals surface area contributed by atoms with E-state index in [9.17, 15) is 4.79 Å². The fourth-order valence-electron chi connectivity index (χ4n) is 2.32. The minimum absolute atomic E-state index is 0.00730.